The normalized spacial score (nSPS) is 23.3. The molecule has 0 radical (unpaired) electrons. The van der Waals surface area contributed by atoms with Gasteiger partial charge in [0.1, 0.15) is 6.33 Å². The highest BCUT2D eigenvalue weighted by Crippen LogP contribution is 2.25. The van der Waals surface area contributed by atoms with Gasteiger partial charge in [0.2, 0.25) is 0 Å². The summed E-state index contributed by atoms with van der Waals surface area (Å²) >= 11 is 0. The van der Waals surface area contributed by atoms with Crippen molar-refractivity contribution in [1.82, 2.24) is 25.5 Å². The van der Waals surface area contributed by atoms with Gasteiger partial charge in [0.25, 0.3) is 0 Å². The first kappa shape index (κ1) is 14.2. The third kappa shape index (κ3) is 3.28. The molecule has 1 aliphatic rings. The van der Waals surface area contributed by atoms with Crippen LogP contribution in [0, 0.1) is 0 Å². The molecule has 6 nitrogen and oxygen atoms in total. The number of hydrogen-bond donors (Lipinski definition) is 1. The highest BCUT2D eigenvalue weighted by atomic mass is 16.5. The van der Waals surface area contributed by atoms with Crippen LogP contribution >= 0.6 is 0 Å². The highest BCUT2D eigenvalue weighted by molar-refractivity contribution is 5.35. The van der Waals surface area contributed by atoms with Gasteiger partial charge in [0.15, 0.2) is 0 Å². The van der Waals surface area contributed by atoms with Crippen LogP contribution in [-0.4, -0.2) is 39.0 Å². The zero-order valence-electron chi connectivity index (χ0n) is 12.5. The fourth-order valence-corrected chi connectivity index (χ4v) is 2.68. The Morgan fingerprint density at radius 2 is 2.38 bits per heavy atom. The van der Waals surface area contributed by atoms with Crippen LogP contribution < -0.4 is 5.32 Å². The Balaban J connectivity index is 1.67. The zero-order valence-corrected chi connectivity index (χ0v) is 12.5. The van der Waals surface area contributed by atoms with Crippen LogP contribution in [-0.2, 0) is 4.74 Å². The molecule has 0 spiro atoms. The maximum atomic E-state index is 5.82. The summed E-state index contributed by atoms with van der Waals surface area (Å²) in [4.78, 5) is 0. The molecule has 1 saturated heterocycles. The van der Waals surface area contributed by atoms with Crippen molar-refractivity contribution in [1.29, 1.82) is 0 Å². The third-order valence-corrected chi connectivity index (χ3v) is 4.07. The van der Waals surface area contributed by atoms with E-state index in [1.807, 2.05) is 12.1 Å². The van der Waals surface area contributed by atoms with Crippen LogP contribution in [0.15, 0.2) is 30.6 Å². The van der Waals surface area contributed by atoms with Gasteiger partial charge < -0.3 is 10.1 Å². The average molecular weight is 287 g/mol. The number of tetrazole rings is 1. The van der Waals surface area contributed by atoms with Crippen molar-refractivity contribution in [3.8, 4) is 5.69 Å². The van der Waals surface area contributed by atoms with E-state index >= 15 is 0 Å². The topological polar surface area (TPSA) is 64.9 Å². The fraction of sp³-hybridized carbons (Fsp3) is 0.533. The van der Waals surface area contributed by atoms with Crippen LogP contribution in [0.5, 0.6) is 0 Å². The second-order valence-corrected chi connectivity index (χ2v) is 5.85. The van der Waals surface area contributed by atoms with Crippen LogP contribution in [0.3, 0.4) is 0 Å². The molecule has 2 heterocycles. The maximum Gasteiger partial charge on any atom is 0.143 e. The number of rotatable bonds is 5. The lowest BCUT2D eigenvalue weighted by atomic mass is 10.0. The quantitative estimate of drug-likeness (QED) is 0.909. The molecule has 1 N–H and O–H groups in total. The van der Waals surface area contributed by atoms with Crippen molar-refractivity contribution >= 4 is 0 Å². The summed E-state index contributed by atoms with van der Waals surface area (Å²) in [6.07, 6.45) is 3.88. The predicted molar refractivity (Wildman–Crippen MR) is 79.2 cm³/mol. The van der Waals surface area contributed by atoms with E-state index in [9.17, 15) is 0 Å². The van der Waals surface area contributed by atoms with Gasteiger partial charge >= 0.3 is 0 Å². The molecule has 0 aliphatic carbocycles. The molecule has 1 aliphatic heterocycles. The molecule has 1 aromatic carbocycles. The molecule has 1 fully saturated rings. The monoisotopic (exact) mass is 287 g/mol. The van der Waals surface area contributed by atoms with E-state index in [4.69, 9.17) is 4.74 Å². The van der Waals surface area contributed by atoms with Crippen molar-refractivity contribution in [2.45, 2.75) is 38.3 Å². The SMILES string of the molecule is CC(NCC1(C)CCCO1)c1cccc(-n2cnnn2)c1. The Morgan fingerprint density at radius 1 is 1.48 bits per heavy atom. The van der Waals surface area contributed by atoms with Gasteiger partial charge in [-0.15, -0.1) is 5.10 Å². The molecule has 2 atom stereocenters. The molecule has 2 aromatic rings. The van der Waals surface area contributed by atoms with Crippen LogP contribution in [0.4, 0.5) is 0 Å². The highest BCUT2D eigenvalue weighted by Gasteiger charge is 2.29. The molecule has 21 heavy (non-hydrogen) atoms. The minimum absolute atomic E-state index is 0.0261. The number of nitrogens with one attached hydrogen (secondary N) is 1. The number of nitrogens with zero attached hydrogens (tertiary/aromatic N) is 4. The first-order chi connectivity index (χ1) is 10.2. The van der Waals surface area contributed by atoms with Gasteiger partial charge in [-0.2, -0.15) is 0 Å². The van der Waals surface area contributed by atoms with E-state index in [-0.39, 0.29) is 11.6 Å². The molecule has 0 bridgehead atoms. The summed E-state index contributed by atoms with van der Waals surface area (Å²) in [6.45, 7) is 6.08. The van der Waals surface area contributed by atoms with Crippen molar-refractivity contribution in [3.05, 3.63) is 36.2 Å². The van der Waals surface area contributed by atoms with Crippen molar-refractivity contribution in [3.63, 3.8) is 0 Å². The molecule has 6 heteroatoms. The lowest BCUT2D eigenvalue weighted by molar-refractivity contribution is 0.0191. The Hall–Kier alpha value is -1.79. The van der Waals surface area contributed by atoms with E-state index in [2.05, 4.69) is 46.8 Å². The summed E-state index contributed by atoms with van der Waals surface area (Å²) in [5.41, 5.74) is 2.15. The molecular formula is C15H21N5O. The second-order valence-electron chi connectivity index (χ2n) is 5.85. The Labute approximate surface area is 124 Å². The summed E-state index contributed by atoms with van der Waals surface area (Å²) in [6, 6.07) is 8.49. The molecule has 0 amide bonds. The smallest absolute Gasteiger partial charge is 0.143 e. The van der Waals surface area contributed by atoms with E-state index in [1.165, 1.54) is 5.56 Å². The number of benzene rings is 1. The first-order valence-electron chi connectivity index (χ1n) is 7.37. The summed E-state index contributed by atoms with van der Waals surface area (Å²) in [7, 11) is 0. The van der Waals surface area contributed by atoms with Gasteiger partial charge in [-0.25, -0.2) is 4.68 Å². The van der Waals surface area contributed by atoms with Gasteiger partial charge in [-0.1, -0.05) is 12.1 Å². The molecule has 2 unspecified atom stereocenters. The largest absolute Gasteiger partial charge is 0.374 e. The molecule has 3 rings (SSSR count). The number of ether oxygens (including phenoxy) is 1. The van der Waals surface area contributed by atoms with E-state index in [1.54, 1.807) is 11.0 Å². The minimum Gasteiger partial charge on any atom is -0.374 e. The lowest BCUT2D eigenvalue weighted by Crippen LogP contribution is -2.38. The predicted octanol–water partition coefficient (Wildman–Crippen LogP) is 1.88. The zero-order chi connectivity index (χ0) is 14.7. The van der Waals surface area contributed by atoms with Gasteiger partial charge in [-0.05, 0) is 54.8 Å². The molecule has 112 valence electrons. The lowest BCUT2D eigenvalue weighted by Gasteiger charge is -2.26. The first-order valence-corrected chi connectivity index (χ1v) is 7.37. The number of aromatic nitrogens is 4. The third-order valence-electron chi connectivity index (χ3n) is 4.07. The Morgan fingerprint density at radius 3 is 3.10 bits per heavy atom. The molecule has 0 saturated carbocycles. The summed E-state index contributed by atoms with van der Waals surface area (Å²) in [5.74, 6) is 0. The Bertz CT molecular complexity index is 578. The summed E-state index contributed by atoms with van der Waals surface area (Å²) in [5, 5.41) is 14.8. The van der Waals surface area contributed by atoms with Crippen molar-refractivity contribution in [2.24, 2.45) is 0 Å². The molecule has 1 aromatic heterocycles. The van der Waals surface area contributed by atoms with E-state index in [0.717, 1.165) is 31.7 Å². The van der Waals surface area contributed by atoms with Crippen LogP contribution in [0.2, 0.25) is 0 Å². The van der Waals surface area contributed by atoms with E-state index < -0.39 is 0 Å². The Kier molecular flexibility index (Phi) is 3.98. The van der Waals surface area contributed by atoms with Crippen LogP contribution in [0.25, 0.3) is 5.69 Å². The fourth-order valence-electron chi connectivity index (χ4n) is 2.68. The maximum absolute atomic E-state index is 5.82. The minimum atomic E-state index is -0.0261. The average Bonchev–Trinajstić information content (AvgIpc) is 3.17. The van der Waals surface area contributed by atoms with E-state index in [0.29, 0.717) is 0 Å². The second kappa shape index (κ2) is 5.91. The van der Waals surface area contributed by atoms with Crippen molar-refractivity contribution < 1.29 is 4.74 Å². The van der Waals surface area contributed by atoms with Gasteiger partial charge in [0.05, 0.1) is 11.3 Å². The summed E-state index contributed by atoms with van der Waals surface area (Å²) < 4.78 is 7.48. The van der Waals surface area contributed by atoms with Gasteiger partial charge in [0, 0.05) is 19.2 Å². The standard InChI is InChI=1S/C15H21N5O/c1-12(16-10-15(2)7-4-8-21-15)13-5-3-6-14(9-13)20-11-17-18-19-20/h3,5-6,9,11-12,16H,4,7-8,10H2,1-2H3. The van der Waals surface area contributed by atoms with Crippen LogP contribution in [0.1, 0.15) is 38.3 Å². The molecular weight excluding hydrogens is 266 g/mol. The number of hydrogen-bond acceptors (Lipinski definition) is 5. The van der Waals surface area contributed by atoms with Gasteiger partial charge in [-0.3, -0.25) is 0 Å². The van der Waals surface area contributed by atoms with Crippen molar-refractivity contribution in [2.75, 3.05) is 13.2 Å².